The Bertz CT molecular complexity index is 1470. The number of carboxylic acid groups (broad SMARTS) is 1. The van der Waals surface area contributed by atoms with E-state index in [9.17, 15) is 24.0 Å². The number of nitrogens with one attached hydrogen (secondary N) is 3. The Kier molecular flexibility index (Phi) is 10.8. The SMILES string of the molecule is CC.Cc1ccccc1NC(=O)Nc1ccc(CC(=O)Nc2ccc3c(c2)C(=O)N(CCC(=O)O)CC(=O)N3C)cc1. The zero-order valence-corrected chi connectivity index (χ0v) is 24.1. The first-order chi connectivity index (χ1) is 20.1. The zero-order valence-electron chi connectivity index (χ0n) is 24.1. The highest BCUT2D eigenvalue weighted by atomic mass is 16.4. The van der Waals surface area contributed by atoms with Crippen LogP contribution < -0.4 is 20.9 Å². The van der Waals surface area contributed by atoms with Crippen LogP contribution in [0.5, 0.6) is 0 Å². The van der Waals surface area contributed by atoms with Gasteiger partial charge in [0.15, 0.2) is 0 Å². The van der Waals surface area contributed by atoms with Gasteiger partial charge in [-0.3, -0.25) is 19.2 Å². The van der Waals surface area contributed by atoms with E-state index in [1.165, 1.54) is 22.9 Å². The number of hydrogen-bond donors (Lipinski definition) is 4. The number of benzene rings is 3. The van der Waals surface area contributed by atoms with Crippen molar-refractivity contribution in [3.05, 3.63) is 83.4 Å². The monoisotopic (exact) mass is 573 g/mol. The van der Waals surface area contributed by atoms with E-state index in [1.807, 2.05) is 45.0 Å². The van der Waals surface area contributed by atoms with Crippen LogP contribution in [-0.4, -0.2) is 59.9 Å². The van der Waals surface area contributed by atoms with Gasteiger partial charge in [0.2, 0.25) is 11.8 Å². The van der Waals surface area contributed by atoms with Crippen LogP contribution in [0.1, 0.15) is 41.8 Å². The number of aliphatic carboxylic acids is 1. The van der Waals surface area contributed by atoms with Crippen LogP contribution in [0.2, 0.25) is 0 Å². The van der Waals surface area contributed by atoms with E-state index in [4.69, 9.17) is 5.11 Å². The molecular formula is C31H35N5O6. The molecule has 0 unspecified atom stereocenters. The van der Waals surface area contributed by atoms with Gasteiger partial charge in [0.05, 0.1) is 24.1 Å². The fraction of sp³-hybridized carbons (Fsp3) is 0.258. The molecule has 11 heteroatoms. The largest absolute Gasteiger partial charge is 0.481 e. The lowest BCUT2D eigenvalue weighted by molar-refractivity contribution is -0.137. The number of carboxylic acids is 1. The van der Waals surface area contributed by atoms with Crippen LogP contribution in [-0.2, 0) is 20.8 Å². The van der Waals surface area contributed by atoms with Crippen molar-refractivity contribution in [2.24, 2.45) is 0 Å². The quantitative estimate of drug-likeness (QED) is 0.306. The Hall–Kier alpha value is -5.19. The van der Waals surface area contributed by atoms with Crippen molar-refractivity contribution in [2.45, 2.75) is 33.6 Å². The van der Waals surface area contributed by atoms with Crippen molar-refractivity contribution < 1.29 is 29.1 Å². The lowest BCUT2D eigenvalue weighted by Crippen LogP contribution is -2.38. The topological polar surface area (TPSA) is 148 Å². The summed E-state index contributed by atoms with van der Waals surface area (Å²) in [6.07, 6.45) is -0.246. The van der Waals surface area contributed by atoms with Crippen molar-refractivity contribution in [3.8, 4) is 0 Å². The number of carbonyl (C=O) groups is 5. The molecule has 3 aromatic rings. The third-order valence-electron chi connectivity index (χ3n) is 6.42. The predicted octanol–water partition coefficient (Wildman–Crippen LogP) is 4.74. The van der Waals surface area contributed by atoms with Crippen molar-refractivity contribution in [3.63, 3.8) is 0 Å². The summed E-state index contributed by atoms with van der Waals surface area (Å²) in [7, 11) is 1.54. The van der Waals surface area contributed by atoms with Crippen molar-refractivity contribution >= 4 is 52.5 Å². The number of anilines is 4. The van der Waals surface area contributed by atoms with E-state index < -0.39 is 11.9 Å². The molecule has 0 aromatic heterocycles. The average Bonchev–Trinajstić information content (AvgIpc) is 3.05. The molecule has 3 aromatic carbocycles. The first-order valence-electron chi connectivity index (χ1n) is 13.5. The molecule has 1 aliphatic heterocycles. The molecule has 1 aliphatic rings. The number of fused-ring (bicyclic) bond motifs is 1. The molecule has 4 rings (SSSR count). The van der Waals surface area contributed by atoms with Crippen LogP contribution in [0.25, 0.3) is 0 Å². The van der Waals surface area contributed by atoms with Gasteiger partial charge in [-0.05, 0) is 54.4 Å². The van der Waals surface area contributed by atoms with E-state index >= 15 is 0 Å². The summed E-state index contributed by atoms with van der Waals surface area (Å²) in [4.78, 5) is 64.2. The number of para-hydroxylation sites is 1. The zero-order chi connectivity index (χ0) is 30.8. The van der Waals surface area contributed by atoms with Gasteiger partial charge in [-0.25, -0.2) is 4.79 Å². The fourth-order valence-corrected chi connectivity index (χ4v) is 4.23. The number of amides is 5. The van der Waals surface area contributed by atoms with Gasteiger partial charge in [-0.1, -0.05) is 44.2 Å². The highest BCUT2D eigenvalue weighted by Crippen LogP contribution is 2.28. The van der Waals surface area contributed by atoms with Crippen LogP contribution >= 0.6 is 0 Å². The second-order valence-corrected chi connectivity index (χ2v) is 9.37. The maximum absolute atomic E-state index is 13.1. The van der Waals surface area contributed by atoms with Gasteiger partial charge in [0.1, 0.15) is 6.54 Å². The van der Waals surface area contributed by atoms with Gasteiger partial charge >= 0.3 is 12.0 Å². The summed E-state index contributed by atoms with van der Waals surface area (Å²) in [6.45, 7) is 5.55. The number of carbonyl (C=O) groups excluding carboxylic acids is 4. The summed E-state index contributed by atoms with van der Waals surface area (Å²) in [5, 5.41) is 17.3. The van der Waals surface area contributed by atoms with Crippen molar-refractivity contribution in [1.82, 2.24) is 4.90 Å². The Labute approximate surface area is 244 Å². The minimum absolute atomic E-state index is 0.0455. The summed E-state index contributed by atoms with van der Waals surface area (Å²) in [5.74, 6) is -2.24. The molecule has 0 saturated heterocycles. The predicted molar refractivity (Wildman–Crippen MR) is 162 cm³/mol. The smallest absolute Gasteiger partial charge is 0.323 e. The fourth-order valence-electron chi connectivity index (χ4n) is 4.23. The van der Waals surface area contributed by atoms with Gasteiger partial charge in [0, 0.05) is 30.7 Å². The van der Waals surface area contributed by atoms with Crippen molar-refractivity contribution in [2.75, 3.05) is 41.0 Å². The van der Waals surface area contributed by atoms with Crippen LogP contribution in [0.4, 0.5) is 27.5 Å². The molecule has 42 heavy (non-hydrogen) atoms. The van der Waals surface area contributed by atoms with Crippen LogP contribution in [0.3, 0.4) is 0 Å². The van der Waals surface area contributed by atoms with Gasteiger partial charge in [-0.2, -0.15) is 0 Å². The van der Waals surface area contributed by atoms with E-state index in [0.717, 1.165) is 5.56 Å². The highest BCUT2D eigenvalue weighted by molar-refractivity contribution is 6.10. The van der Waals surface area contributed by atoms with Crippen LogP contribution in [0, 0.1) is 6.92 Å². The summed E-state index contributed by atoms with van der Waals surface area (Å²) in [6, 6.07) is 18.5. The minimum atomic E-state index is -1.08. The maximum atomic E-state index is 13.1. The molecule has 11 nitrogen and oxygen atoms in total. The summed E-state index contributed by atoms with van der Waals surface area (Å²) in [5.41, 5.74) is 3.84. The molecule has 0 fully saturated rings. The summed E-state index contributed by atoms with van der Waals surface area (Å²) >= 11 is 0. The minimum Gasteiger partial charge on any atom is -0.481 e. The third-order valence-corrected chi connectivity index (χ3v) is 6.42. The van der Waals surface area contributed by atoms with E-state index in [2.05, 4.69) is 16.0 Å². The lowest BCUT2D eigenvalue weighted by atomic mass is 10.1. The van der Waals surface area contributed by atoms with Crippen LogP contribution in [0.15, 0.2) is 66.7 Å². The molecular weight excluding hydrogens is 538 g/mol. The molecule has 5 amide bonds. The van der Waals surface area contributed by atoms with Gasteiger partial charge < -0.3 is 30.9 Å². The Balaban J connectivity index is 0.00000237. The molecule has 0 atom stereocenters. The number of urea groups is 1. The molecule has 0 bridgehead atoms. The second-order valence-electron chi connectivity index (χ2n) is 9.37. The number of hydrogen-bond acceptors (Lipinski definition) is 5. The first kappa shape index (κ1) is 31.3. The second kappa shape index (κ2) is 14.4. The number of likely N-dealkylation sites (N-methyl/N-ethyl adjacent to an activating group) is 1. The standard InChI is InChI=1S/C29H29N5O6.C2H6/c1-18-5-3-4-6-23(18)32-29(40)31-20-9-7-19(8-10-20)15-25(35)30-21-11-12-24-22(16-21)28(39)34(14-13-27(37)38)17-26(36)33(24)2;1-2/h3-12,16H,13-15,17H2,1-2H3,(H,30,35)(H,37,38)(H2,31,32,40);1-2H3. The molecule has 0 saturated carbocycles. The number of rotatable bonds is 8. The number of nitrogens with zero attached hydrogens (tertiary/aromatic N) is 2. The molecule has 1 heterocycles. The van der Waals surface area contributed by atoms with E-state index in [1.54, 1.807) is 36.4 Å². The number of aryl methyl sites for hydroxylation is 1. The highest BCUT2D eigenvalue weighted by Gasteiger charge is 2.30. The molecule has 0 radical (unpaired) electrons. The van der Waals surface area contributed by atoms with E-state index in [-0.39, 0.29) is 49.3 Å². The van der Waals surface area contributed by atoms with E-state index in [0.29, 0.717) is 28.3 Å². The molecule has 0 spiro atoms. The van der Waals surface area contributed by atoms with Gasteiger partial charge in [-0.15, -0.1) is 0 Å². The van der Waals surface area contributed by atoms with Gasteiger partial charge in [0.25, 0.3) is 5.91 Å². The summed E-state index contributed by atoms with van der Waals surface area (Å²) < 4.78 is 0. The third kappa shape index (κ3) is 8.17. The Morgan fingerprint density at radius 2 is 1.55 bits per heavy atom. The van der Waals surface area contributed by atoms with Crippen molar-refractivity contribution in [1.29, 1.82) is 0 Å². The Morgan fingerprint density at radius 3 is 2.21 bits per heavy atom. The molecule has 220 valence electrons. The maximum Gasteiger partial charge on any atom is 0.323 e. The normalized spacial score (nSPS) is 12.4. The lowest BCUT2D eigenvalue weighted by Gasteiger charge is -2.19. The Morgan fingerprint density at radius 1 is 0.881 bits per heavy atom. The first-order valence-corrected chi connectivity index (χ1v) is 13.5. The average molecular weight is 574 g/mol. The molecule has 0 aliphatic carbocycles. The molecule has 4 N–H and O–H groups in total.